The molecule has 0 saturated carbocycles. The zero-order valence-corrected chi connectivity index (χ0v) is 13.2. The van der Waals surface area contributed by atoms with Crippen molar-refractivity contribution >= 4 is 0 Å². The van der Waals surface area contributed by atoms with Crippen LogP contribution in [0.4, 0.5) is 0 Å². The van der Waals surface area contributed by atoms with Crippen LogP contribution in [0.1, 0.15) is 51.3 Å². The van der Waals surface area contributed by atoms with Crippen LogP contribution in [0.15, 0.2) is 18.2 Å². The van der Waals surface area contributed by atoms with E-state index in [0.717, 1.165) is 24.3 Å². The lowest BCUT2D eigenvalue weighted by atomic mass is 9.98. The Morgan fingerprint density at radius 3 is 2.47 bits per heavy atom. The maximum Gasteiger partial charge on any atom is 0.123 e. The van der Waals surface area contributed by atoms with Crippen molar-refractivity contribution in [2.45, 2.75) is 52.2 Å². The minimum atomic E-state index is 0.0501. The standard InChI is InChI=1S/C16H28N2O/c1-7-16(3,4)18(5)11-14-10-13(12(2)17)8-9-15(14)19-6/h8-10,12H,7,11,17H2,1-6H3. The molecule has 3 heteroatoms. The maximum absolute atomic E-state index is 5.96. The molecule has 0 bridgehead atoms. The Balaban J connectivity index is 3.01. The van der Waals surface area contributed by atoms with Gasteiger partial charge < -0.3 is 10.5 Å². The minimum absolute atomic E-state index is 0.0501. The van der Waals surface area contributed by atoms with E-state index < -0.39 is 0 Å². The van der Waals surface area contributed by atoms with Crippen molar-refractivity contribution in [2.24, 2.45) is 5.73 Å². The zero-order chi connectivity index (χ0) is 14.6. The van der Waals surface area contributed by atoms with Crippen LogP contribution < -0.4 is 10.5 Å². The molecule has 0 fully saturated rings. The number of hydrogen-bond acceptors (Lipinski definition) is 3. The quantitative estimate of drug-likeness (QED) is 0.856. The summed E-state index contributed by atoms with van der Waals surface area (Å²) in [6.07, 6.45) is 1.11. The van der Waals surface area contributed by atoms with E-state index in [4.69, 9.17) is 10.5 Å². The third kappa shape index (κ3) is 3.95. The number of nitrogens with two attached hydrogens (primary N) is 1. The minimum Gasteiger partial charge on any atom is -0.496 e. The van der Waals surface area contributed by atoms with Crippen molar-refractivity contribution in [3.8, 4) is 5.75 Å². The second-order valence-electron chi connectivity index (χ2n) is 5.88. The summed E-state index contributed by atoms with van der Waals surface area (Å²) < 4.78 is 5.46. The molecule has 0 aliphatic heterocycles. The Kier molecular flexibility index (Phi) is 5.39. The number of nitrogens with zero attached hydrogens (tertiary/aromatic N) is 1. The highest BCUT2D eigenvalue weighted by molar-refractivity contribution is 5.38. The second kappa shape index (κ2) is 6.40. The average molecular weight is 264 g/mol. The topological polar surface area (TPSA) is 38.5 Å². The van der Waals surface area contributed by atoms with Crippen LogP contribution in [-0.2, 0) is 6.54 Å². The number of methoxy groups -OCH3 is 1. The molecule has 0 spiro atoms. The molecule has 0 radical (unpaired) electrons. The predicted molar refractivity (Wildman–Crippen MR) is 81.4 cm³/mol. The van der Waals surface area contributed by atoms with Gasteiger partial charge in [0.1, 0.15) is 5.75 Å². The van der Waals surface area contributed by atoms with Gasteiger partial charge in [-0.05, 0) is 51.9 Å². The number of benzene rings is 1. The Morgan fingerprint density at radius 2 is 2.00 bits per heavy atom. The van der Waals surface area contributed by atoms with Gasteiger partial charge in [-0.1, -0.05) is 13.0 Å². The Labute approximate surface area is 117 Å². The van der Waals surface area contributed by atoms with Crippen LogP contribution in [-0.4, -0.2) is 24.6 Å². The number of rotatable bonds is 6. The molecule has 2 N–H and O–H groups in total. The first kappa shape index (κ1) is 16.0. The van der Waals surface area contributed by atoms with Crippen molar-refractivity contribution in [1.29, 1.82) is 0 Å². The highest BCUT2D eigenvalue weighted by Gasteiger charge is 2.22. The largest absolute Gasteiger partial charge is 0.496 e. The van der Waals surface area contributed by atoms with Gasteiger partial charge in [0.25, 0.3) is 0 Å². The van der Waals surface area contributed by atoms with Crippen LogP contribution in [0.3, 0.4) is 0 Å². The molecular formula is C16H28N2O. The highest BCUT2D eigenvalue weighted by Crippen LogP contribution is 2.26. The van der Waals surface area contributed by atoms with Gasteiger partial charge in [0.05, 0.1) is 7.11 Å². The Bertz CT molecular complexity index is 413. The van der Waals surface area contributed by atoms with Crippen molar-refractivity contribution in [1.82, 2.24) is 4.90 Å². The van der Waals surface area contributed by atoms with Gasteiger partial charge in [-0.25, -0.2) is 0 Å². The molecule has 1 unspecified atom stereocenters. The second-order valence-corrected chi connectivity index (χ2v) is 5.88. The molecule has 0 saturated heterocycles. The molecular weight excluding hydrogens is 236 g/mol. The van der Waals surface area contributed by atoms with Crippen molar-refractivity contribution in [3.63, 3.8) is 0 Å². The first-order chi connectivity index (χ1) is 8.81. The van der Waals surface area contributed by atoms with Gasteiger partial charge >= 0.3 is 0 Å². The molecule has 0 aliphatic carbocycles. The molecule has 1 aromatic carbocycles. The summed E-state index contributed by atoms with van der Waals surface area (Å²) in [5.74, 6) is 0.933. The number of ether oxygens (including phenoxy) is 1. The molecule has 0 aliphatic rings. The van der Waals surface area contributed by atoms with Crippen molar-refractivity contribution in [3.05, 3.63) is 29.3 Å². The number of hydrogen-bond donors (Lipinski definition) is 1. The third-order valence-corrected chi connectivity index (χ3v) is 4.14. The van der Waals surface area contributed by atoms with E-state index in [-0.39, 0.29) is 11.6 Å². The van der Waals surface area contributed by atoms with Crippen LogP contribution in [0, 0.1) is 0 Å². The van der Waals surface area contributed by atoms with E-state index in [0.29, 0.717) is 0 Å². The fourth-order valence-electron chi connectivity index (χ4n) is 1.94. The summed E-state index contributed by atoms with van der Waals surface area (Å²) in [6.45, 7) is 9.60. The molecule has 3 nitrogen and oxygen atoms in total. The monoisotopic (exact) mass is 264 g/mol. The molecule has 0 heterocycles. The lowest BCUT2D eigenvalue weighted by Gasteiger charge is -2.35. The summed E-state index contributed by atoms with van der Waals surface area (Å²) in [7, 11) is 3.87. The Hall–Kier alpha value is -1.06. The lowest BCUT2D eigenvalue weighted by Crippen LogP contribution is -2.39. The third-order valence-electron chi connectivity index (χ3n) is 4.14. The molecule has 1 atom stereocenters. The van der Waals surface area contributed by atoms with Crippen molar-refractivity contribution < 1.29 is 4.74 Å². The summed E-state index contributed by atoms with van der Waals surface area (Å²) >= 11 is 0. The van der Waals surface area contributed by atoms with Gasteiger partial charge in [-0.15, -0.1) is 0 Å². The first-order valence-corrected chi connectivity index (χ1v) is 6.95. The SMILES string of the molecule is CCC(C)(C)N(C)Cc1cc(C(C)N)ccc1OC. The van der Waals surface area contributed by atoms with Crippen LogP contribution >= 0.6 is 0 Å². The molecule has 1 rings (SSSR count). The van der Waals surface area contributed by atoms with E-state index >= 15 is 0 Å². The molecule has 0 amide bonds. The maximum atomic E-state index is 5.96. The average Bonchev–Trinajstić information content (AvgIpc) is 2.38. The van der Waals surface area contributed by atoms with Crippen LogP contribution in [0.2, 0.25) is 0 Å². The molecule has 1 aromatic rings. The molecule has 108 valence electrons. The smallest absolute Gasteiger partial charge is 0.123 e. The summed E-state index contributed by atoms with van der Waals surface area (Å²) in [5.41, 5.74) is 8.49. The van der Waals surface area contributed by atoms with E-state index in [1.54, 1.807) is 7.11 Å². The Morgan fingerprint density at radius 1 is 1.37 bits per heavy atom. The summed E-state index contributed by atoms with van der Waals surface area (Å²) in [6, 6.07) is 6.26. The van der Waals surface area contributed by atoms with Crippen LogP contribution in [0.5, 0.6) is 5.75 Å². The molecule has 19 heavy (non-hydrogen) atoms. The van der Waals surface area contributed by atoms with Gasteiger partial charge in [-0.3, -0.25) is 4.90 Å². The van der Waals surface area contributed by atoms with E-state index in [1.807, 2.05) is 19.1 Å². The van der Waals surface area contributed by atoms with E-state index in [9.17, 15) is 0 Å². The van der Waals surface area contributed by atoms with Gasteiger partial charge in [0.15, 0.2) is 0 Å². The van der Waals surface area contributed by atoms with E-state index in [1.165, 1.54) is 5.56 Å². The van der Waals surface area contributed by atoms with Gasteiger partial charge in [0, 0.05) is 23.7 Å². The van der Waals surface area contributed by atoms with Gasteiger partial charge in [0.2, 0.25) is 0 Å². The normalized spacial score (nSPS) is 13.7. The first-order valence-electron chi connectivity index (χ1n) is 6.95. The summed E-state index contributed by atoms with van der Waals surface area (Å²) in [5, 5.41) is 0. The highest BCUT2D eigenvalue weighted by atomic mass is 16.5. The fourth-order valence-corrected chi connectivity index (χ4v) is 1.94. The lowest BCUT2D eigenvalue weighted by molar-refractivity contribution is 0.141. The van der Waals surface area contributed by atoms with Crippen LogP contribution in [0.25, 0.3) is 0 Å². The van der Waals surface area contributed by atoms with Gasteiger partial charge in [-0.2, -0.15) is 0 Å². The fraction of sp³-hybridized carbons (Fsp3) is 0.625. The zero-order valence-electron chi connectivity index (χ0n) is 13.2. The summed E-state index contributed by atoms with van der Waals surface area (Å²) in [4.78, 5) is 2.36. The predicted octanol–water partition coefficient (Wildman–Crippen LogP) is 3.34. The van der Waals surface area contributed by atoms with Crippen molar-refractivity contribution in [2.75, 3.05) is 14.2 Å². The molecule has 0 aromatic heterocycles. The van der Waals surface area contributed by atoms with E-state index in [2.05, 4.69) is 38.8 Å².